The van der Waals surface area contributed by atoms with E-state index in [1.54, 1.807) is 0 Å². The smallest absolute Gasteiger partial charge is 0.122 e. The molecule has 0 unspecified atom stereocenters. The lowest BCUT2D eigenvalue weighted by Gasteiger charge is -2.15. The Labute approximate surface area is 119 Å². The third kappa shape index (κ3) is 3.82. The van der Waals surface area contributed by atoms with Crippen LogP contribution >= 0.6 is 11.6 Å². The van der Waals surface area contributed by atoms with Crippen molar-refractivity contribution in [1.82, 2.24) is 14.9 Å². The number of halogens is 1. The monoisotopic (exact) mass is 277 g/mol. The van der Waals surface area contributed by atoms with Crippen LogP contribution in [0.5, 0.6) is 0 Å². The highest BCUT2D eigenvalue weighted by atomic mass is 35.5. The highest BCUT2D eigenvalue weighted by Gasteiger charge is 2.07. The zero-order chi connectivity index (χ0) is 13.7. The molecule has 4 heteroatoms. The molecule has 1 aromatic carbocycles. The lowest BCUT2D eigenvalue weighted by molar-refractivity contribution is 0.532. The minimum atomic E-state index is 0.255. The second kappa shape index (κ2) is 6.73. The number of nitrogens with zero attached hydrogens (tertiary/aromatic N) is 2. The van der Waals surface area contributed by atoms with Crippen LogP contribution in [0.15, 0.2) is 36.7 Å². The summed E-state index contributed by atoms with van der Waals surface area (Å²) < 4.78 is 2.19. The summed E-state index contributed by atoms with van der Waals surface area (Å²) in [4.78, 5) is 4.39. The van der Waals surface area contributed by atoms with Crippen LogP contribution in [-0.2, 0) is 13.1 Å². The summed E-state index contributed by atoms with van der Waals surface area (Å²) >= 11 is 6.01. The lowest BCUT2D eigenvalue weighted by atomic mass is 10.1. The zero-order valence-electron chi connectivity index (χ0n) is 11.4. The maximum Gasteiger partial charge on any atom is 0.122 e. The molecule has 0 aliphatic carbocycles. The largest absolute Gasteiger partial charge is 0.334 e. The quantitative estimate of drug-likeness (QED) is 0.870. The molecule has 0 amide bonds. The molecule has 0 aliphatic rings. The first-order valence-corrected chi connectivity index (χ1v) is 7.07. The number of hydrogen-bond acceptors (Lipinski definition) is 2. The normalized spacial score (nSPS) is 12.6. The lowest BCUT2D eigenvalue weighted by Crippen LogP contribution is -2.20. The number of aromatic nitrogens is 2. The number of benzene rings is 1. The summed E-state index contributed by atoms with van der Waals surface area (Å²) in [5.74, 6) is 1.08. The molecule has 102 valence electrons. The fraction of sp³-hybridized carbons (Fsp3) is 0.400. The van der Waals surface area contributed by atoms with Crippen LogP contribution < -0.4 is 5.32 Å². The zero-order valence-corrected chi connectivity index (χ0v) is 12.2. The topological polar surface area (TPSA) is 29.9 Å². The second-order valence-electron chi connectivity index (χ2n) is 4.69. The third-order valence-electron chi connectivity index (χ3n) is 3.18. The predicted octanol–water partition coefficient (Wildman–Crippen LogP) is 3.80. The van der Waals surface area contributed by atoms with E-state index in [2.05, 4.69) is 34.8 Å². The summed E-state index contributed by atoms with van der Waals surface area (Å²) in [7, 11) is 0. The number of aryl methyl sites for hydroxylation is 1. The van der Waals surface area contributed by atoms with Gasteiger partial charge in [-0.2, -0.15) is 0 Å². The van der Waals surface area contributed by atoms with Gasteiger partial charge in [-0.3, -0.25) is 0 Å². The van der Waals surface area contributed by atoms with Gasteiger partial charge in [0, 0.05) is 30.0 Å². The summed E-state index contributed by atoms with van der Waals surface area (Å²) in [6.45, 7) is 6.09. The van der Waals surface area contributed by atoms with E-state index < -0.39 is 0 Å². The van der Waals surface area contributed by atoms with E-state index in [0.717, 1.165) is 30.4 Å². The van der Waals surface area contributed by atoms with Crippen molar-refractivity contribution in [3.8, 4) is 0 Å². The maximum absolute atomic E-state index is 6.01. The first kappa shape index (κ1) is 14.1. The molecular weight excluding hydrogens is 258 g/mol. The Hall–Kier alpha value is -1.32. The van der Waals surface area contributed by atoms with Gasteiger partial charge >= 0.3 is 0 Å². The van der Waals surface area contributed by atoms with Crippen molar-refractivity contribution in [2.24, 2.45) is 0 Å². The van der Waals surface area contributed by atoms with E-state index in [-0.39, 0.29) is 6.04 Å². The number of nitrogens with one attached hydrogen (secondary N) is 1. The summed E-state index contributed by atoms with van der Waals surface area (Å²) in [5, 5.41) is 4.26. The number of hydrogen-bond donors (Lipinski definition) is 1. The van der Waals surface area contributed by atoms with Gasteiger partial charge in [0.2, 0.25) is 0 Å². The van der Waals surface area contributed by atoms with Gasteiger partial charge in [-0.25, -0.2) is 4.98 Å². The van der Waals surface area contributed by atoms with E-state index in [0.29, 0.717) is 0 Å². The summed E-state index contributed by atoms with van der Waals surface area (Å²) in [6, 6.07) is 8.21. The highest BCUT2D eigenvalue weighted by molar-refractivity contribution is 6.30. The van der Waals surface area contributed by atoms with Crippen molar-refractivity contribution in [2.45, 2.75) is 39.4 Å². The van der Waals surface area contributed by atoms with Gasteiger partial charge in [0.05, 0.1) is 6.54 Å². The molecule has 2 rings (SSSR count). The van der Waals surface area contributed by atoms with Crippen molar-refractivity contribution in [1.29, 1.82) is 0 Å². The number of imidazole rings is 1. The molecule has 1 atom stereocenters. The van der Waals surface area contributed by atoms with Gasteiger partial charge in [0.25, 0.3) is 0 Å². The Morgan fingerprint density at radius 1 is 1.42 bits per heavy atom. The van der Waals surface area contributed by atoms with Gasteiger partial charge in [-0.15, -0.1) is 0 Å². The van der Waals surface area contributed by atoms with Gasteiger partial charge in [0.1, 0.15) is 5.82 Å². The SMILES string of the molecule is CCCn1ccnc1CN[C@H](C)c1cccc(Cl)c1. The van der Waals surface area contributed by atoms with Crippen LogP contribution in [0.2, 0.25) is 5.02 Å². The molecule has 0 saturated carbocycles. The van der Waals surface area contributed by atoms with E-state index in [4.69, 9.17) is 11.6 Å². The van der Waals surface area contributed by atoms with Crippen LogP contribution in [-0.4, -0.2) is 9.55 Å². The minimum Gasteiger partial charge on any atom is -0.334 e. The minimum absolute atomic E-state index is 0.255. The maximum atomic E-state index is 6.01. The van der Waals surface area contributed by atoms with Gasteiger partial charge in [-0.05, 0) is 31.0 Å². The van der Waals surface area contributed by atoms with E-state index >= 15 is 0 Å². The third-order valence-corrected chi connectivity index (χ3v) is 3.42. The Morgan fingerprint density at radius 2 is 2.26 bits per heavy atom. The standard InChI is InChI=1S/C15H20ClN3/c1-3-8-19-9-7-17-15(19)11-18-12(2)13-5-4-6-14(16)10-13/h4-7,9-10,12,18H,3,8,11H2,1-2H3/t12-/m1/s1. The molecule has 1 N–H and O–H groups in total. The molecule has 2 aromatic rings. The van der Waals surface area contributed by atoms with Crippen molar-refractivity contribution >= 4 is 11.6 Å². The van der Waals surface area contributed by atoms with Crippen LogP contribution in [0, 0.1) is 0 Å². The van der Waals surface area contributed by atoms with E-state index in [1.165, 1.54) is 5.56 Å². The van der Waals surface area contributed by atoms with Crippen molar-refractivity contribution < 1.29 is 0 Å². The molecule has 1 aromatic heterocycles. The van der Waals surface area contributed by atoms with Crippen LogP contribution in [0.4, 0.5) is 0 Å². The summed E-state index contributed by atoms with van der Waals surface area (Å²) in [5.41, 5.74) is 1.20. The van der Waals surface area contributed by atoms with Crippen molar-refractivity contribution in [3.63, 3.8) is 0 Å². The molecular formula is C15H20ClN3. The fourth-order valence-electron chi connectivity index (χ4n) is 2.09. The second-order valence-corrected chi connectivity index (χ2v) is 5.13. The van der Waals surface area contributed by atoms with Crippen LogP contribution in [0.25, 0.3) is 0 Å². The molecule has 0 fully saturated rings. The average Bonchev–Trinajstić information content (AvgIpc) is 2.84. The van der Waals surface area contributed by atoms with Gasteiger partial charge < -0.3 is 9.88 Å². The summed E-state index contributed by atoms with van der Waals surface area (Å²) in [6.07, 6.45) is 5.01. The predicted molar refractivity (Wildman–Crippen MR) is 79.2 cm³/mol. The molecule has 0 aliphatic heterocycles. The molecule has 0 radical (unpaired) electrons. The number of rotatable bonds is 6. The first-order chi connectivity index (χ1) is 9.20. The molecule has 19 heavy (non-hydrogen) atoms. The Morgan fingerprint density at radius 3 is 3.00 bits per heavy atom. The van der Waals surface area contributed by atoms with E-state index in [1.807, 2.05) is 30.6 Å². The molecule has 0 spiro atoms. The van der Waals surface area contributed by atoms with Crippen molar-refractivity contribution in [2.75, 3.05) is 0 Å². The molecule has 1 heterocycles. The average molecular weight is 278 g/mol. The molecule has 0 bridgehead atoms. The van der Waals surface area contributed by atoms with Gasteiger partial charge in [-0.1, -0.05) is 30.7 Å². The van der Waals surface area contributed by atoms with Crippen LogP contribution in [0.3, 0.4) is 0 Å². The Kier molecular flexibility index (Phi) is 5.00. The molecule has 0 saturated heterocycles. The van der Waals surface area contributed by atoms with E-state index in [9.17, 15) is 0 Å². The Bertz CT molecular complexity index is 522. The van der Waals surface area contributed by atoms with Crippen LogP contribution in [0.1, 0.15) is 37.7 Å². The molecule has 3 nitrogen and oxygen atoms in total. The fourth-order valence-corrected chi connectivity index (χ4v) is 2.29. The first-order valence-electron chi connectivity index (χ1n) is 6.69. The van der Waals surface area contributed by atoms with Gasteiger partial charge in [0.15, 0.2) is 0 Å². The Balaban J connectivity index is 1.96. The van der Waals surface area contributed by atoms with Crippen molar-refractivity contribution in [3.05, 3.63) is 53.1 Å². The highest BCUT2D eigenvalue weighted by Crippen LogP contribution is 2.17.